The van der Waals surface area contributed by atoms with E-state index < -0.39 is 0 Å². The largest absolute Gasteiger partial charge is 0.356 e. The first-order valence-electron chi connectivity index (χ1n) is 11.4. The Morgan fingerprint density at radius 1 is 0.938 bits per heavy atom. The predicted octanol–water partition coefficient (Wildman–Crippen LogP) is 2.67. The van der Waals surface area contributed by atoms with Gasteiger partial charge in [-0.25, -0.2) is 19.9 Å². The van der Waals surface area contributed by atoms with Gasteiger partial charge in [0.1, 0.15) is 0 Å². The van der Waals surface area contributed by atoms with E-state index in [1.165, 1.54) is 0 Å². The van der Waals surface area contributed by atoms with E-state index in [9.17, 15) is 0 Å². The lowest BCUT2D eigenvalue weighted by Gasteiger charge is -2.35. The molecule has 3 aromatic heterocycles. The van der Waals surface area contributed by atoms with Crippen molar-refractivity contribution >= 4 is 11.9 Å². The van der Waals surface area contributed by atoms with Crippen molar-refractivity contribution < 1.29 is 4.52 Å². The van der Waals surface area contributed by atoms with Gasteiger partial charge in [0.2, 0.25) is 11.9 Å². The minimum atomic E-state index is 0.238. The van der Waals surface area contributed by atoms with Crippen LogP contribution in [0.3, 0.4) is 0 Å². The first-order chi connectivity index (χ1) is 15.6. The quantitative estimate of drug-likeness (QED) is 0.615. The lowest BCUT2D eigenvalue weighted by molar-refractivity contribution is 0.311. The van der Waals surface area contributed by atoms with Crippen molar-refractivity contribution in [3.05, 3.63) is 41.6 Å². The number of hydrogen-bond acceptors (Lipinski definition) is 9. The summed E-state index contributed by atoms with van der Waals surface area (Å²) in [5, 5.41) is 4.10. The molecule has 0 bridgehead atoms. The monoisotopic (exact) mass is 434 g/mol. The van der Waals surface area contributed by atoms with Crippen LogP contribution in [0.1, 0.15) is 35.8 Å². The van der Waals surface area contributed by atoms with Gasteiger partial charge in [-0.15, -0.1) is 0 Å². The van der Waals surface area contributed by atoms with Crippen molar-refractivity contribution in [1.29, 1.82) is 0 Å². The Morgan fingerprint density at radius 2 is 1.75 bits per heavy atom. The van der Waals surface area contributed by atoms with Gasteiger partial charge in [0.25, 0.3) is 0 Å². The van der Waals surface area contributed by atoms with Gasteiger partial charge in [0.05, 0.1) is 17.0 Å². The Hall–Kier alpha value is -3.07. The standard InChI is InChI=1S/C23H30N8O/c1-16-6-7-24-22(26-16)31-8-4-5-18(15-31)21-19(20-13-17(2)28-32-20)14-25-23(27-21)30-11-9-29(3)10-12-30/h6-7,13-14,18H,4-5,8-12,15H2,1-3H3/t18-/m0/s1. The summed E-state index contributed by atoms with van der Waals surface area (Å²) in [5.41, 5.74) is 3.80. The molecular weight excluding hydrogens is 404 g/mol. The van der Waals surface area contributed by atoms with Crippen LogP contribution >= 0.6 is 0 Å². The smallest absolute Gasteiger partial charge is 0.225 e. The highest BCUT2D eigenvalue weighted by Gasteiger charge is 2.29. The first kappa shape index (κ1) is 20.8. The molecule has 9 nitrogen and oxygen atoms in total. The Balaban J connectivity index is 1.49. The number of aryl methyl sites for hydroxylation is 2. The highest BCUT2D eigenvalue weighted by Crippen LogP contribution is 2.35. The third-order valence-corrected chi connectivity index (χ3v) is 6.36. The van der Waals surface area contributed by atoms with Crippen LogP contribution in [0.15, 0.2) is 29.0 Å². The molecule has 0 aliphatic carbocycles. The lowest BCUT2D eigenvalue weighted by atomic mass is 9.91. The number of piperazine rings is 1. The number of piperidine rings is 1. The summed E-state index contributed by atoms with van der Waals surface area (Å²) < 4.78 is 5.62. The maximum absolute atomic E-state index is 5.62. The fourth-order valence-electron chi connectivity index (χ4n) is 4.51. The number of aromatic nitrogens is 5. The van der Waals surface area contributed by atoms with Gasteiger partial charge >= 0.3 is 0 Å². The molecular formula is C23H30N8O. The van der Waals surface area contributed by atoms with E-state index in [1.807, 2.05) is 38.4 Å². The molecule has 2 saturated heterocycles. The number of anilines is 2. The average molecular weight is 435 g/mol. The Bertz CT molecular complexity index is 1080. The van der Waals surface area contributed by atoms with E-state index in [-0.39, 0.29) is 5.92 Å². The molecule has 5 heterocycles. The molecule has 0 amide bonds. The summed E-state index contributed by atoms with van der Waals surface area (Å²) in [6, 6.07) is 3.89. The molecule has 2 fully saturated rings. The second-order valence-electron chi connectivity index (χ2n) is 8.87. The van der Waals surface area contributed by atoms with Crippen molar-refractivity contribution in [2.75, 3.05) is 56.1 Å². The summed E-state index contributed by atoms with van der Waals surface area (Å²) in [5.74, 6) is 2.56. The molecule has 9 heteroatoms. The molecule has 2 aliphatic rings. The average Bonchev–Trinajstić information content (AvgIpc) is 3.25. The molecule has 0 aromatic carbocycles. The van der Waals surface area contributed by atoms with Crippen molar-refractivity contribution in [3.8, 4) is 11.3 Å². The second-order valence-corrected chi connectivity index (χ2v) is 8.87. The normalized spacial score (nSPS) is 20.0. The maximum Gasteiger partial charge on any atom is 0.225 e. The number of hydrogen-bond donors (Lipinski definition) is 0. The number of rotatable bonds is 4. The van der Waals surface area contributed by atoms with E-state index in [4.69, 9.17) is 14.5 Å². The summed E-state index contributed by atoms with van der Waals surface area (Å²) in [7, 11) is 2.16. The molecule has 0 unspecified atom stereocenters. The van der Waals surface area contributed by atoms with Gasteiger partial charge in [-0.2, -0.15) is 0 Å². The van der Waals surface area contributed by atoms with Crippen LogP contribution in [0.4, 0.5) is 11.9 Å². The van der Waals surface area contributed by atoms with Crippen LogP contribution in [0.5, 0.6) is 0 Å². The Morgan fingerprint density at radius 3 is 2.50 bits per heavy atom. The zero-order chi connectivity index (χ0) is 22.1. The van der Waals surface area contributed by atoms with Gasteiger partial charge in [-0.3, -0.25) is 0 Å². The third kappa shape index (κ3) is 4.29. The first-order valence-corrected chi connectivity index (χ1v) is 11.4. The van der Waals surface area contributed by atoms with Crippen LogP contribution in [0.2, 0.25) is 0 Å². The Labute approximate surface area is 188 Å². The van der Waals surface area contributed by atoms with Gasteiger partial charge in [-0.1, -0.05) is 5.16 Å². The van der Waals surface area contributed by atoms with E-state index in [0.717, 1.165) is 92.4 Å². The predicted molar refractivity (Wildman–Crippen MR) is 123 cm³/mol. The zero-order valence-corrected chi connectivity index (χ0v) is 19.0. The molecule has 3 aromatic rings. The summed E-state index contributed by atoms with van der Waals surface area (Å²) >= 11 is 0. The Kier molecular flexibility index (Phi) is 5.73. The van der Waals surface area contributed by atoms with Crippen LogP contribution in [0, 0.1) is 13.8 Å². The minimum Gasteiger partial charge on any atom is -0.356 e. The van der Waals surface area contributed by atoms with Gasteiger partial charge in [0, 0.05) is 69.3 Å². The van der Waals surface area contributed by atoms with E-state index >= 15 is 0 Å². The zero-order valence-electron chi connectivity index (χ0n) is 19.0. The molecule has 1 atom stereocenters. The van der Waals surface area contributed by atoms with Crippen LogP contribution < -0.4 is 9.80 Å². The molecule has 2 aliphatic heterocycles. The molecule has 32 heavy (non-hydrogen) atoms. The molecule has 0 spiro atoms. The van der Waals surface area contributed by atoms with Crippen molar-refractivity contribution in [2.24, 2.45) is 0 Å². The number of nitrogens with zero attached hydrogens (tertiary/aromatic N) is 8. The lowest BCUT2D eigenvalue weighted by Crippen LogP contribution is -2.45. The minimum absolute atomic E-state index is 0.238. The second kappa shape index (κ2) is 8.82. The van der Waals surface area contributed by atoms with Gasteiger partial charge < -0.3 is 19.2 Å². The van der Waals surface area contributed by atoms with Crippen LogP contribution in [0.25, 0.3) is 11.3 Å². The highest BCUT2D eigenvalue weighted by atomic mass is 16.5. The van der Waals surface area contributed by atoms with E-state index in [2.05, 4.69) is 36.9 Å². The topological polar surface area (TPSA) is 87.3 Å². The number of likely N-dealkylation sites (N-methyl/N-ethyl adjacent to an activating group) is 1. The van der Waals surface area contributed by atoms with Gasteiger partial charge in [0.15, 0.2) is 5.76 Å². The summed E-state index contributed by atoms with van der Waals surface area (Å²) in [6.45, 7) is 9.62. The summed E-state index contributed by atoms with van der Waals surface area (Å²) in [4.78, 5) is 25.9. The maximum atomic E-state index is 5.62. The van der Waals surface area contributed by atoms with Crippen LogP contribution in [-0.4, -0.2) is 76.3 Å². The van der Waals surface area contributed by atoms with Crippen molar-refractivity contribution in [3.63, 3.8) is 0 Å². The molecule has 5 rings (SSSR count). The fourth-order valence-corrected chi connectivity index (χ4v) is 4.51. The molecule has 0 saturated carbocycles. The molecule has 0 N–H and O–H groups in total. The van der Waals surface area contributed by atoms with E-state index in [1.54, 1.807) is 0 Å². The van der Waals surface area contributed by atoms with E-state index in [0.29, 0.717) is 0 Å². The molecule has 168 valence electrons. The SMILES string of the molecule is Cc1cc(-c2cnc(N3CCN(C)CC3)nc2[C@H]2CCCN(c3nccc(C)n3)C2)on1. The van der Waals surface area contributed by atoms with Crippen molar-refractivity contribution in [2.45, 2.75) is 32.6 Å². The van der Waals surface area contributed by atoms with Crippen molar-refractivity contribution in [1.82, 2.24) is 30.0 Å². The molecule has 0 radical (unpaired) electrons. The summed E-state index contributed by atoms with van der Waals surface area (Å²) in [6.07, 6.45) is 5.87. The van der Waals surface area contributed by atoms with Crippen LogP contribution in [-0.2, 0) is 0 Å². The fraction of sp³-hybridized carbons (Fsp3) is 0.522. The van der Waals surface area contributed by atoms with Gasteiger partial charge in [-0.05, 0) is 39.8 Å². The highest BCUT2D eigenvalue weighted by molar-refractivity contribution is 5.62. The third-order valence-electron chi connectivity index (χ3n) is 6.36.